The third kappa shape index (κ3) is 4.27. The summed E-state index contributed by atoms with van der Waals surface area (Å²) < 4.78 is 26.1. The molecule has 1 aromatic heterocycles. The second kappa shape index (κ2) is 5.92. The fourth-order valence-corrected chi connectivity index (χ4v) is 2.09. The second-order valence-corrected chi connectivity index (χ2v) is 5.84. The SMILES string of the molecule is CNc1ncc(S(=O)(=O)NCCC(C)C)cn1. The predicted molar refractivity (Wildman–Crippen MR) is 66.2 cm³/mol. The van der Waals surface area contributed by atoms with E-state index in [1.54, 1.807) is 7.05 Å². The van der Waals surface area contributed by atoms with Gasteiger partial charge in [0.2, 0.25) is 16.0 Å². The van der Waals surface area contributed by atoms with Gasteiger partial charge in [-0.15, -0.1) is 0 Å². The highest BCUT2D eigenvalue weighted by Gasteiger charge is 2.14. The van der Waals surface area contributed by atoms with E-state index in [4.69, 9.17) is 0 Å². The third-order valence-electron chi connectivity index (χ3n) is 2.18. The Morgan fingerprint density at radius 1 is 1.29 bits per heavy atom. The van der Waals surface area contributed by atoms with Crippen LogP contribution in [0.25, 0.3) is 0 Å². The highest BCUT2D eigenvalue weighted by atomic mass is 32.2. The van der Waals surface area contributed by atoms with E-state index in [9.17, 15) is 8.42 Å². The number of hydrogen-bond donors (Lipinski definition) is 2. The summed E-state index contributed by atoms with van der Waals surface area (Å²) in [5.41, 5.74) is 0. The zero-order chi connectivity index (χ0) is 12.9. The van der Waals surface area contributed by atoms with Crippen molar-refractivity contribution in [1.29, 1.82) is 0 Å². The van der Waals surface area contributed by atoms with Gasteiger partial charge < -0.3 is 5.32 Å². The molecule has 17 heavy (non-hydrogen) atoms. The van der Waals surface area contributed by atoms with Crippen LogP contribution in [-0.2, 0) is 10.0 Å². The summed E-state index contributed by atoms with van der Waals surface area (Å²) in [5, 5.41) is 2.73. The maximum atomic E-state index is 11.8. The summed E-state index contributed by atoms with van der Waals surface area (Å²) in [6.07, 6.45) is 3.38. The molecular weight excluding hydrogens is 240 g/mol. The van der Waals surface area contributed by atoms with Gasteiger partial charge in [0.1, 0.15) is 4.90 Å². The Labute approximate surface area is 102 Å². The maximum Gasteiger partial charge on any atom is 0.243 e. The minimum Gasteiger partial charge on any atom is -0.357 e. The molecule has 6 nitrogen and oxygen atoms in total. The summed E-state index contributed by atoms with van der Waals surface area (Å²) in [7, 11) is -1.81. The van der Waals surface area contributed by atoms with Crippen LogP contribution in [0.5, 0.6) is 0 Å². The first kappa shape index (κ1) is 13.9. The van der Waals surface area contributed by atoms with E-state index in [-0.39, 0.29) is 4.90 Å². The van der Waals surface area contributed by atoms with Gasteiger partial charge in [0.25, 0.3) is 0 Å². The summed E-state index contributed by atoms with van der Waals surface area (Å²) in [6, 6.07) is 0. The van der Waals surface area contributed by atoms with Gasteiger partial charge in [0, 0.05) is 13.6 Å². The van der Waals surface area contributed by atoms with Crippen LogP contribution >= 0.6 is 0 Å². The van der Waals surface area contributed by atoms with Gasteiger partial charge in [-0.25, -0.2) is 23.1 Å². The Balaban J connectivity index is 2.68. The van der Waals surface area contributed by atoms with Gasteiger partial charge in [0.15, 0.2) is 0 Å². The molecule has 96 valence electrons. The highest BCUT2D eigenvalue weighted by molar-refractivity contribution is 7.89. The molecule has 0 atom stereocenters. The molecule has 0 saturated heterocycles. The van der Waals surface area contributed by atoms with Gasteiger partial charge in [-0.1, -0.05) is 13.8 Å². The lowest BCUT2D eigenvalue weighted by molar-refractivity contribution is 0.551. The van der Waals surface area contributed by atoms with Crippen molar-refractivity contribution in [2.45, 2.75) is 25.2 Å². The number of nitrogens with one attached hydrogen (secondary N) is 2. The van der Waals surface area contributed by atoms with Crippen LogP contribution in [0.15, 0.2) is 17.3 Å². The summed E-state index contributed by atoms with van der Waals surface area (Å²) in [5.74, 6) is 0.853. The van der Waals surface area contributed by atoms with Crippen LogP contribution in [-0.4, -0.2) is 32.0 Å². The van der Waals surface area contributed by atoms with Crippen molar-refractivity contribution in [3.63, 3.8) is 0 Å². The lowest BCUT2D eigenvalue weighted by Crippen LogP contribution is -2.26. The lowest BCUT2D eigenvalue weighted by Gasteiger charge is -2.08. The first-order chi connectivity index (χ1) is 7.95. The van der Waals surface area contributed by atoms with E-state index in [0.717, 1.165) is 6.42 Å². The first-order valence-corrected chi connectivity index (χ1v) is 6.93. The molecule has 1 aromatic rings. The number of nitrogens with zero attached hydrogens (tertiary/aromatic N) is 2. The molecule has 0 saturated carbocycles. The Bertz CT molecular complexity index is 442. The molecule has 0 radical (unpaired) electrons. The zero-order valence-electron chi connectivity index (χ0n) is 10.3. The molecule has 0 fully saturated rings. The molecule has 0 spiro atoms. The number of rotatable bonds is 6. The lowest BCUT2D eigenvalue weighted by atomic mass is 10.1. The standard InChI is InChI=1S/C10H18N4O2S/c1-8(2)4-5-14-17(15,16)9-6-12-10(11-3)13-7-9/h6-8,14H,4-5H2,1-3H3,(H,11,12,13). The van der Waals surface area contributed by atoms with Crippen LogP contribution in [0.4, 0.5) is 5.95 Å². The smallest absolute Gasteiger partial charge is 0.243 e. The van der Waals surface area contributed by atoms with E-state index in [0.29, 0.717) is 18.4 Å². The molecular formula is C10H18N4O2S. The van der Waals surface area contributed by atoms with Crippen molar-refractivity contribution in [3.05, 3.63) is 12.4 Å². The number of anilines is 1. The number of sulfonamides is 1. The van der Waals surface area contributed by atoms with Crippen molar-refractivity contribution in [3.8, 4) is 0 Å². The molecule has 0 amide bonds. The molecule has 0 aliphatic carbocycles. The monoisotopic (exact) mass is 258 g/mol. The van der Waals surface area contributed by atoms with E-state index < -0.39 is 10.0 Å². The Morgan fingerprint density at radius 2 is 1.88 bits per heavy atom. The minimum atomic E-state index is -3.48. The van der Waals surface area contributed by atoms with Gasteiger partial charge >= 0.3 is 0 Å². The topological polar surface area (TPSA) is 84.0 Å². The van der Waals surface area contributed by atoms with Gasteiger partial charge in [-0.05, 0) is 12.3 Å². The van der Waals surface area contributed by atoms with Crippen molar-refractivity contribution >= 4 is 16.0 Å². The number of aromatic nitrogens is 2. The molecule has 1 heterocycles. The fraction of sp³-hybridized carbons (Fsp3) is 0.600. The van der Waals surface area contributed by atoms with Gasteiger partial charge in [-0.3, -0.25) is 0 Å². The molecule has 0 unspecified atom stereocenters. The van der Waals surface area contributed by atoms with Gasteiger partial charge in [0.05, 0.1) is 12.4 Å². The van der Waals surface area contributed by atoms with Crippen LogP contribution < -0.4 is 10.0 Å². The third-order valence-corrected chi connectivity index (χ3v) is 3.59. The van der Waals surface area contributed by atoms with Crippen molar-refractivity contribution < 1.29 is 8.42 Å². The fourth-order valence-electron chi connectivity index (χ4n) is 1.15. The summed E-state index contributed by atoms with van der Waals surface area (Å²) in [6.45, 7) is 4.51. The highest BCUT2D eigenvalue weighted by Crippen LogP contribution is 2.07. The molecule has 1 rings (SSSR count). The predicted octanol–water partition coefficient (Wildman–Crippen LogP) is 0.843. The van der Waals surface area contributed by atoms with E-state index in [1.165, 1.54) is 12.4 Å². The zero-order valence-corrected chi connectivity index (χ0v) is 11.1. The maximum absolute atomic E-state index is 11.8. The Kier molecular flexibility index (Phi) is 4.83. The van der Waals surface area contributed by atoms with Crippen LogP contribution in [0.1, 0.15) is 20.3 Å². The normalized spacial score (nSPS) is 11.8. The van der Waals surface area contributed by atoms with Crippen molar-refractivity contribution in [2.75, 3.05) is 18.9 Å². The van der Waals surface area contributed by atoms with Gasteiger partial charge in [-0.2, -0.15) is 0 Å². The van der Waals surface area contributed by atoms with Crippen LogP contribution in [0, 0.1) is 5.92 Å². The molecule has 0 aliphatic rings. The molecule has 2 N–H and O–H groups in total. The molecule has 0 aromatic carbocycles. The van der Waals surface area contributed by atoms with E-state index in [2.05, 4.69) is 20.0 Å². The largest absolute Gasteiger partial charge is 0.357 e. The summed E-state index contributed by atoms with van der Waals surface area (Å²) >= 11 is 0. The molecule has 0 bridgehead atoms. The first-order valence-electron chi connectivity index (χ1n) is 5.45. The average molecular weight is 258 g/mol. The quantitative estimate of drug-likeness (QED) is 0.790. The van der Waals surface area contributed by atoms with E-state index >= 15 is 0 Å². The van der Waals surface area contributed by atoms with Crippen LogP contribution in [0.2, 0.25) is 0 Å². The van der Waals surface area contributed by atoms with Crippen LogP contribution in [0.3, 0.4) is 0 Å². The summed E-state index contributed by atoms with van der Waals surface area (Å²) in [4.78, 5) is 7.81. The minimum absolute atomic E-state index is 0.0836. The van der Waals surface area contributed by atoms with Crippen molar-refractivity contribution in [1.82, 2.24) is 14.7 Å². The second-order valence-electron chi connectivity index (χ2n) is 4.07. The Morgan fingerprint density at radius 3 is 2.35 bits per heavy atom. The Hall–Kier alpha value is -1.21. The van der Waals surface area contributed by atoms with E-state index in [1.807, 2.05) is 13.8 Å². The number of hydrogen-bond acceptors (Lipinski definition) is 5. The molecule has 7 heteroatoms. The van der Waals surface area contributed by atoms with Crippen molar-refractivity contribution in [2.24, 2.45) is 5.92 Å². The average Bonchev–Trinajstić information content (AvgIpc) is 2.28. The molecule has 0 aliphatic heterocycles.